The number of nitrogens with one attached hydrogen (secondary N) is 3. The predicted molar refractivity (Wildman–Crippen MR) is 127 cm³/mol. The maximum Gasteiger partial charge on any atom is 0.223 e. The molecule has 0 rings (SSSR count). The third-order valence-corrected chi connectivity index (χ3v) is 6.57. The van der Waals surface area contributed by atoms with Gasteiger partial charge in [0.2, 0.25) is 5.91 Å². The summed E-state index contributed by atoms with van der Waals surface area (Å²) in [5, 5.41) is 9.68. The van der Waals surface area contributed by atoms with Crippen LogP contribution in [0.25, 0.3) is 0 Å². The Bertz CT molecular complexity index is 478. The monoisotopic (exact) mass is 447 g/mol. The highest BCUT2D eigenvalue weighted by atomic mass is 33.1. The molecule has 3 N–H and O–H groups in total. The molecule has 0 fully saturated rings. The van der Waals surface area contributed by atoms with Gasteiger partial charge in [0.05, 0.1) is 37.8 Å². The Morgan fingerprint density at radius 1 is 1.03 bits per heavy atom. The summed E-state index contributed by atoms with van der Waals surface area (Å²) in [5.74, 6) is 7.31. The van der Waals surface area contributed by atoms with Crippen LogP contribution in [-0.4, -0.2) is 68.6 Å². The molecule has 1 amide bonds. The van der Waals surface area contributed by atoms with Crippen LogP contribution in [0.3, 0.4) is 0 Å². The maximum absolute atomic E-state index is 11.6. The fourth-order valence-corrected chi connectivity index (χ4v) is 4.31. The lowest BCUT2D eigenvalue weighted by molar-refractivity contribution is -0.122. The summed E-state index contributed by atoms with van der Waals surface area (Å²) in [5.41, 5.74) is 0. The zero-order valence-corrected chi connectivity index (χ0v) is 20.7. The molecule has 8 heteroatoms. The summed E-state index contributed by atoms with van der Waals surface area (Å²) < 4.78 is 11.0. The van der Waals surface area contributed by atoms with Crippen LogP contribution in [0.4, 0.5) is 0 Å². The molecule has 170 valence electrons. The molecule has 0 atom stereocenters. The molecule has 0 saturated carbocycles. The highest BCUT2D eigenvalue weighted by Gasteiger charge is 2.17. The van der Waals surface area contributed by atoms with Crippen LogP contribution in [0.2, 0.25) is 0 Å². The molecule has 29 heavy (non-hydrogen) atoms. The summed E-state index contributed by atoms with van der Waals surface area (Å²) in [6.07, 6.45) is 0.348. The van der Waals surface area contributed by atoms with E-state index in [9.17, 15) is 4.79 Å². The zero-order chi connectivity index (χ0) is 22.0. The standard InChI is InChI=1S/C21H41N3O3S2/c1-18(2)8-7-10-23-20(25)9-13-26-15-16-27-14-11-24-21(5,6)29-28-17-12-22-19(3)4/h18-19,22,24H,9-17H2,1-6H3,(H,23,25). The first-order valence-electron chi connectivity index (χ1n) is 10.4. The lowest BCUT2D eigenvalue weighted by atomic mass is 10.2. The molecule has 0 aromatic carbocycles. The molecule has 0 unspecified atom stereocenters. The van der Waals surface area contributed by atoms with Crippen molar-refractivity contribution in [3.8, 4) is 11.8 Å². The normalized spacial score (nSPS) is 11.6. The quantitative estimate of drug-likeness (QED) is 0.137. The summed E-state index contributed by atoms with van der Waals surface area (Å²) in [7, 11) is 3.74. The number of rotatable bonds is 17. The predicted octanol–water partition coefficient (Wildman–Crippen LogP) is 2.89. The molecule has 0 aliphatic carbocycles. The van der Waals surface area contributed by atoms with Gasteiger partial charge in [-0.05, 0) is 13.8 Å². The second-order valence-electron chi connectivity index (χ2n) is 7.68. The van der Waals surface area contributed by atoms with Gasteiger partial charge in [-0.1, -0.05) is 61.1 Å². The molecule has 0 bridgehead atoms. The molecule has 0 aromatic heterocycles. The average molecular weight is 448 g/mol. The van der Waals surface area contributed by atoms with Gasteiger partial charge in [0.1, 0.15) is 0 Å². The third kappa shape index (κ3) is 22.1. The van der Waals surface area contributed by atoms with Crippen LogP contribution >= 0.6 is 21.6 Å². The van der Waals surface area contributed by atoms with E-state index in [-0.39, 0.29) is 10.8 Å². The Morgan fingerprint density at radius 2 is 1.72 bits per heavy atom. The second kappa shape index (κ2) is 18.3. The third-order valence-electron chi connectivity index (χ3n) is 3.41. The summed E-state index contributed by atoms with van der Waals surface area (Å²) in [4.78, 5) is 11.6. The molecule has 6 nitrogen and oxygen atoms in total. The van der Waals surface area contributed by atoms with Gasteiger partial charge in [0.15, 0.2) is 0 Å². The van der Waals surface area contributed by atoms with Gasteiger partial charge in [0.25, 0.3) is 0 Å². The molecule has 0 radical (unpaired) electrons. The van der Waals surface area contributed by atoms with Crippen molar-refractivity contribution in [1.29, 1.82) is 0 Å². The number of carbonyl (C=O) groups is 1. The molecule has 0 aliphatic rings. The van der Waals surface area contributed by atoms with Gasteiger partial charge < -0.3 is 25.4 Å². The minimum Gasteiger partial charge on any atom is -0.379 e. The Hall–Kier alpha value is -0.430. The molecular formula is C21H41N3O3S2. The lowest BCUT2D eigenvalue weighted by Crippen LogP contribution is -2.37. The van der Waals surface area contributed by atoms with Gasteiger partial charge in [-0.2, -0.15) is 0 Å². The van der Waals surface area contributed by atoms with E-state index in [1.54, 1.807) is 0 Å². The molecule has 0 aromatic rings. The Kier molecular flexibility index (Phi) is 18.1. The summed E-state index contributed by atoms with van der Waals surface area (Å²) in [6.45, 7) is 17.0. The molecular weight excluding hydrogens is 406 g/mol. The lowest BCUT2D eigenvalue weighted by Gasteiger charge is -2.25. The molecule has 0 heterocycles. The first kappa shape index (κ1) is 28.6. The second-order valence-corrected chi connectivity index (χ2v) is 10.7. The highest BCUT2D eigenvalue weighted by Crippen LogP contribution is 2.32. The van der Waals surface area contributed by atoms with Crippen LogP contribution < -0.4 is 16.0 Å². The van der Waals surface area contributed by atoms with Crippen LogP contribution in [0.5, 0.6) is 0 Å². The van der Waals surface area contributed by atoms with Crippen molar-refractivity contribution in [2.45, 2.75) is 58.9 Å². The van der Waals surface area contributed by atoms with E-state index in [0.29, 0.717) is 51.4 Å². The van der Waals surface area contributed by atoms with Gasteiger partial charge in [0, 0.05) is 37.2 Å². The SMILES string of the molecule is CC(C)C#CCNC(=O)CCOCCOCCNC(C)(C)SSCCNC(C)C. The highest BCUT2D eigenvalue weighted by molar-refractivity contribution is 8.77. The average Bonchev–Trinajstić information content (AvgIpc) is 2.63. The van der Waals surface area contributed by atoms with Crippen molar-refractivity contribution in [3.05, 3.63) is 0 Å². The largest absolute Gasteiger partial charge is 0.379 e. The Labute approximate surface area is 186 Å². The van der Waals surface area contributed by atoms with E-state index >= 15 is 0 Å². The minimum atomic E-state index is -0.0363. The topological polar surface area (TPSA) is 71.6 Å². The van der Waals surface area contributed by atoms with Gasteiger partial charge in [-0.25, -0.2) is 0 Å². The first-order chi connectivity index (χ1) is 13.7. The number of amides is 1. The van der Waals surface area contributed by atoms with Gasteiger partial charge >= 0.3 is 0 Å². The number of carbonyl (C=O) groups excluding carboxylic acids is 1. The first-order valence-corrected chi connectivity index (χ1v) is 12.7. The van der Waals surface area contributed by atoms with Crippen molar-refractivity contribution in [1.82, 2.24) is 16.0 Å². The zero-order valence-electron chi connectivity index (χ0n) is 19.1. The van der Waals surface area contributed by atoms with Crippen molar-refractivity contribution in [2.24, 2.45) is 5.92 Å². The maximum atomic E-state index is 11.6. The molecule has 0 aliphatic heterocycles. The van der Waals surface area contributed by atoms with Gasteiger partial charge in [-0.3, -0.25) is 4.79 Å². The Morgan fingerprint density at radius 3 is 2.38 bits per heavy atom. The van der Waals surface area contributed by atoms with Crippen molar-refractivity contribution in [3.63, 3.8) is 0 Å². The van der Waals surface area contributed by atoms with Crippen LogP contribution in [0.1, 0.15) is 48.0 Å². The van der Waals surface area contributed by atoms with Crippen molar-refractivity contribution >= 4 is 27.5 Å². The van der Waals surface area contributed by atoms with Crippen LogP contribution in [-0.2, 0) is 14.3 Å². The smallest absolute Gasteiger partial charge is 0.223 e. The van der Waals surface area contributed by atoms with Crippen LogP contribution in [0.15, 0.2) is 0 Å². The summed E-state index contributed by atoms with van der Waals surface area (Å²) >= 11 is 0. The van der Waals surface area contributed by atoms with E-state index in [4.69, 9.17) is 9.47 Å². The van der Waals surface area contributed by atoms with E-state index < -0.39 is 0 Å². The summed E-state index contributed by atoms with van der Waals surface area (Å²) in [6, 6.07) is 0.541. The van der Waals surface area contributed by atoms with E-state index in [0.717, 1.165) is 18.8 Å². The van der Waals surface area contributed by atoms with Crippen LogP contribution in [0, 0.1) is 17.8 Å². The van der Waals surface area contributed by atoms with E-state index in [2.05, 4.69) is 55.5 Å². The fraction of sp³-hybridized carbons (Fsp3) is 0.857. The Balaban J connectivity index is 3.47. The van der Waals surface area contributed by atoms with Crippen molar-refractivity contribution < 1.29 is 14.3 Å². The van der Waals surface area contributed by atoms with E-state index in [1.165, 1.54) is 0 Å². The fourth-order valence-electron chi connectivity index (χ4n) is 2.01. The minimum absolute atomic E-state index is 0.00919. The van der Waals surface area contributed by atoms with Crippen molar-refractivity contribution in [2.75, 3.05) is 51.8 Å². The molecule has 0 spiro atoms. The van der Waals surface area contributed by atoms with E-state index in [1.807, 2.05) is 35.4 Å². The number of hydrogen-bond donors (Lipinski definition) is 3. The number of hydrogen-bond acceptors (Lipinski definition) is 7. The van der Waals surface area contributed by atoms with Gasteiger partial charge in [-0.15, -0.1) is 0 Å². The number of ether oxygens (including phenoxy) is 2. The molecule has 0 saturated heterocycles.